The standard InChI is InChI=1S/C10H4BrFN2S/c11-9-8(5-13)15-10(14-9)6-1-3-7(12)4-2-6/h1-4H. The fraction of sp³-hybridized carbons (Fsp3) is 0. The van der Waals surface area contributed by atoms with Crippen molar-refractivity contribution in [2.24, 2.45) is 0 Å². The van der Waals surface area contributed by atoms with Gasteiger partial charge in [0.05, 0.1) is 0 Å². The van der Waals surface area contributed by atoms with Crippen LogP contribution in [0.15, 0.2) is 28.9 Å². The van der Waals surface area contributed by atoms with Crippen LogP contribution in [0.2, 0.25) is 0 Å². The van der Waals surface area contributed by atoms with E-state index in [1.807, 2.05) is 6.07 Å². The highest BCUT2D eigenvalue weighted by molar-refractivity contribution is 9.10. The normalized spacial score (nSPS) is 9.93. The third kappa shape index (κ3) is 2.06. The number of nitrogens with zero attached hydrogens (tertiary/aromatic N) is 2. The summed E-state index contributed by atoms with van der Waals surface area (Å²) in [5.74, 6) is -0.283. The van der Waals surface area contributed by atoms with E-state index in [1.165, 1.54) is 23.5 Å². The second-order valence-electron chi connectivity index (χ2n) is 2.76. The average molecular weight is 283 g/mol. The number of thiazole rings is 1. The van der Waals surface area contributed by atoms with Crippen molar-refractivity contribution in [3.63, 3.8) is 0 Å². The quantitative estimate of drug-likeness (QED) is 0.802. The molecule has 1 aromatic heterocycles. The first-order valence-corrected chi connectivity index (χ1v) is 5.64. The molecule has 2 rings (SSSR count). The molecule has 0 saturated carbocycles. The van der Waals surface area contributed by atoms with Crippen molar-refractivity contribution in [3.05, 3.63) is 39.6 Å². The first kappa shape index (κ1) is 10.3. The van der Waals surface area contributed by atoms with Gasteiger partial charge in [-0.05, 0) is 40.2 Å². The maximum absolute atomic E-state index is 12.7. The Morgan fingerprint density at radius 1 is 1.33 bits per heavy atom. The lowest BCUT2D eigenvalue weighted by molar-refractivity contribution is 0.628. The summed E-state index contributed by atoms with van der Waals surface area (Å²) < 4.78 is 13.2. The van der Waals surface area contributed by atoms with E-state index in [9.17, 15) is 4.39 Å². The molecule has 5 heteroatoms. The van der Waals surface area contributed by atoms with E-state index in [1.54, 1.807) is 12.1 Å². The maximum Gasteiger partial charge on any atom is 0.139 e. The largest absolute Gasteiger partial charge is 0.228 e. The van der Waals surface area contributed by atoms with Gasteiger partial charge in [-0.15, -0.1) is 11.3 Å². The van der Waals surface area contributed by atoms with E-state index in [2.05, 4.69) is 20.9 Å². The molecule has 2 nitrogen and oxygen atoms in total. The molecule has 0 radical (unpaired) electrons. The lowest BCUT2D eigenvalue weighted by Crippen LogP contribution is -1.76. The molecule has 2 aromatic rings. The lowest BCUT2D eigenvalue weighted by atomic mass is 10.2. The first-order valence-electron chi connectivity index (χ1n) is 4.03. The minimum Gasteiger partial charge on any atom is -0.228 e. The zero-order valence-electron chi connectivity index (χ0n) is 7.37. The fourth-order valence-corrected chi connectivity index (χ4v) is 2.47. The number of hydrogen-bond acceptors (Lipinski definition) is 3. The van der Waals surface area contributed by atoms with Crippen molar-refractivity contribution in [2.45, 2.75) is 0 Å². The fourth-order valence-electron chi connectivity index (χ4n) is 1.09. The molecule has 0 aliphatic carbocycles. The molecule has 0 amide bonds. The first-order chi connectivity index (χ1) is 7.20. The summed E-state index contributed by atoms with van der Waals surface area (Å²) in [6.45, 7) is 0. The van der Waals surface area contributed by atoms with Crippen LogP contribution in [0.25, 0.3) is 10.6 Å². The minimum absolute atomic E-state index is 0.283. The van der Waals surface area contributed by atoms with E-state index >= 15 is 0 Å². The Kier molecular flexibility index (Phi) is 2.80. The summed E-state index contributed by atoms with van der Waals surface area (Å²) in [6.07, 6.45) is 0. The molecule has 0 aliphatic rings. The molecule has 0 N–H and O–H groups in total. The van der Waals surface area contributed by atoms with Crippen molar-refractivity contribution < 1.29 is 4.39 Å². The van der Waals surface area contributed by atoms with E-state index in [4.69, 9.17) is 5.26 Å². The predicted octanol–water partition coefficient (Wildman–Crippen LogP) is 3.58. The van der Waals surface area contributed by atoms with Crippen LogP contribution in [0.1, 0.15) is 4.88 Å². The van der Waals surface area contributed by atoms with Crippen LogP contribution in [0.4, 0.5) is 4.39 Å². The Bertz CT molecular complexity index is 527. The summed E-state index contributed by atoms with van der Waals surface area (Å²) in [4.78, 5) is 4.69. The van der Waals surface area contributed by atoms with Gasteiger partial charge < -0.3 is 0 Å². The number of aromatic nitrogens is 1. The Morgan fingerprint density at radius 2 is 2.00 bits per heavy atom. The number of rotatable bonds is 1. The second-order valence-corrected chi connectivity index (χ2v) is 4.51. The SMILES string of the molecule is N#Cc1sc(-c2ccc(F)cc2)nc1Br. The molecule has 0 bridgehead atoms. The van der Waals surface area contributed by atoms with Crippen molar-refractivity contribution >= 4 is 27.3 Å². The number of nitriles is 1. The molecular weight excluding hydrogens is 279 g/mol. The monoisotopic (exact) mass is 282 g/mol. The van der Waals surface area contributed by atoms with Crippen LogP contribution in [0.5, 0.6) is 0 Å². The van der Waals surface area contributed by atoms with Crippen LogP contribution < -0.4 is 0 Å². The van der Waals surface area contributed by atoms with Crippen molar-refractivity contribution in [1.29, 1.82) is 5.26 Å². The van der Waals surface area contributed by atoms with Crippen LogP contribution in [-0.2, 0) is 0 Å². The van der Waals surface area contributed by atoms with Gasteiger partial charge in [0.1, 0.15) is 26.4 Å². The summed E-state index contributed by atoms with van der Waals surface area (Å²) >= 11 is 4.47. The molecule has 0 fully saturated rings. The van der Waals surface area contributed by atoms with Crippen molar-refractivity contribution in [3.8, 4) is 16.6 Å². The summed E-state index contributed by atoms with van der Waals surface area (Å²) in [7, 11) is 0. The van der Waals surface area contributed by atoms with E-state index in [0.717, 1.165) is 5.56 Å². The van der Waals surface area contributed by atoms with Crippen LogP contribution >= 0.6 is 27.3 Å². The van der Waals surface area contributed by atoms with Crippen molar-refractivity contribution in [2.75, 3.05) is 0 Å². The molecule has 74 valence electrons. The number of benzene rings is 1. The van der Waals surface area contributed by atoms with Gasteiger partial charge in [0.15, 0.2) is 0 Å². The second kappa shape index (κ2) is 4.09. The molecule has 1 aromatic carbocycles. The zero-order valence-corrected chi connectivity index (χ0v) is 9.77. The average Bonchev–Trinajstić information content (AvgIpc) is 2.61. The lowest BCUT2D eigenvalue weighted by Gasteiger charge is -1.93. The Morgan fingerprint density at radius 3 is 2.53 bits per heavy atom. The Labute approximate surface area is 98.1 Å². The topological polar surface area (TPSA) is 36.7 Å². The minimum atomic E-state index is -0.283. The molecular formula is C10H4BrFN2S. The molecule has 0 unspecified atom stereocenters. The molecule has 0 spiro atoms. The molecule has 15 heavy (non-hydrogen) atoms. The summed E-state index contributed by atoms with van der Waals surface area (Å²) in [6, 6.07) is 8.06. The highest BCUT2D eigenvalue weighted by Gasteiger charge is 2.09. The van der Waals surface area contributed by atoms with Gasteiger partial charge in [-0.25, -0.2) is 9.37 Å². The van der Waals surface area contributed by atoms with Gasteiger partial charge in [0.25, 0.3) is 0 Å². The number of hydrogen-bond donors (Lipinski definition) is 0. The maximum atomic E-state index is 12.7. The van der Waals surface area contributed by atoms with Gasteiger partial charge in [0.2, 0.25) is 0 Å². The van der Waals surface area contributed by atoms with Crippen molar-refractivity contribution in [1.82, 2.24) is 4.98 Å². The van der Waals surface area contributed by atoms with Crippen LogP contribution in [0.3, 0.4) is 0 Å². The third-order valence-electron chi connectivity index (χ3n) is 1.78. The summed E-state index contributed by atoms with van der Waals surface area (Å²) in [5.41, 5.74) is 0.809. The van der Waals surface area contributed by atoms with E-state index in [-0.39, 0.29) is 5.82 Å². The van der Waals surface area contributed by atoms with Gasteiger partial charge >= 0.3 is 0 Å². The van der Waals surface area contributed by atoms with Gasteiger partial charge in [-0.3, -0.25) is 0 Å². The predicted molar refractivity (Wildman–Crippen MR) is 59.9 cm³/mol. The van der Waals surface area contributed by atoms with E-state index < -0.39 is 0 Å². The number of halogens is 2. The molecule has 0 saturated heterocycles. The van der Waals surface area contributed by atoms with Crippen LogP contribution in [0, 0.1) is 17.1 Å². The van der Waals surface area contributed by atoms with Gasteiger partial charge in [-0.1, -0.05) is 0 Å². The third-order valence-corrected chi connectivity index (χ3v) is 3.62. The summed E-state index contributed by atoms with van der Waals surface area (Å²) in [5, 5.41) is 9.46. The van der Waals surface area contributed by atoms with Gasteiger partial charge in [-0.2, -0.15) is 5.26 Å². The van der Waals surface area contributed by atoms with Gasteiger partial charge in [0, 0.05) is 5.56 Å². The highest BCUT2D eigenvalue weighted by atomic mass is 79.9. The molecule has 0 atom stereocenters. The highest BCUT2D eigenvalue weighted by Crippen LogP contribution is 2.30. The molecule has 0 aliphatic heterocycles. The Hall–Kier alpha value is -1.25. The molecule has 1 heterocycles. The smallest absolute Gasteiger partial charge is 0.139 e. The van der Waals surface area contributed by atoms with Crippen LogP contribution in [-0.4, -0.2) is 4.98 Å². The Balaban J connectivity index is 2.46. The zero-order chi connectivity index (χ0) is 10.8. The van der Waals surface area contributed by atoms with E-state index in [0.29, 0.717) is 14.5 Å².